The van der Waals surface area contributed by atoms with Gasteiger partial charge in [-0.15, -0.1) is 0 Å². The Kier molecular flexibility index (Phi) is 3.41. The molecule has 1 aromatic heterocycles. The maximum Gasteiger partial charge on any atom is 0.131 e. The van der Waals surface area contributed by atoms with Gasteiger partial charge in [-0.2, -0.15) is 0 Å². The molecule has 0 saturated carbocycles. The monoisotopic (exact) mass is 300 g/mol. The Labute approximate surface area is 106 Å². The van der Waals surface area contributed by atoms with Gasteiger partial charge >= 0.3 is 0 Å². The number of aromatic nitrogens is 1. The van der Waals surface area contributed by atoms with Gasteiger partial charge in [0.05, 0.1) is 10.7 Å². The van der Waals surface area contributed by atoms with Crippen LogP contribution in [0.25, 0.3) is 0 Å². The summed E-state index contributed by atoms with van der Waals surface area (Å²) in [7, 11) is 0. The molecule has 2 aromatic rings. The number of halogens is 3. The van der Waals surface area contributed by atoms with E-state index in [0.717, 1.165) is 4.60 Å². The molecule has 0 atom stereocenters. The van der Waals surface area contributed by atoms with E-state index in [1.165, 1.54) is 12.1 Å². The molecule has 5 heteroatoms. The second-order valence-corrected chi connectivity index (χ2v) is 4.31. The quantitative estimate of drug-likeness (QED) is 0.833. The van der Waals surface area contributed by atoms with E-state index in [-0.39, 0.29) is 5.82 Å². The number of rotatable bonds is 2. The summed E-state index contributed by atoms with van der Waals surface area (Å²) in [6.45, 7) is 0. The van der Waals surface area contributed by atoms with E-state index in [1.807, 2.05) is 12.1 Å². The van der Waals surface area contributed by atoms with Crippen molar-refractivity contribution in [2.75, 3.05) is 5.32 Å². The van der Waals surface area contributed by atoms with Crippen LogP contribution in [0, 0.1) is 5.82 Å². The molecule has 1 heterocycles. The van der Waals surface area contributed by atoms with Gasteiger partial charge < -0.3 is 5.32 Å². The van der Waals surface area contributed by atoms with Crippen molar-refractivity contribution in [3.8, 4) is 0 Å². The normalized spacial score (nSPS) is 10.2. The third-order valence-corrected chi connectivity index (χ3v) is 2.66. The first-order chi connectivity index (χ1) is 7.65. The standard InChI is InChI=1S/C11H7BrClFN2/c12-10-2-1-3-11(16-10)15-9-5-4-7(14)6-8(9)13/h1-6H,(H,15,16). The number of nitrogens with one attached hydrogen (secondary N) is 1. The lowest BCUT2D eigenvalue weighted by atomic mass is 10.3. The zero-order chi connectivity index (χ0) is 11.5. The molecule has 0 saturated heterocycles. The van der Waals surface area contributed by atoms with Crippen LogP contribution in [-0.4, -0.2) is 4.98 Å². The highest BCUT2D eigenvalue weighted by atomic mass is 79.9. The second kappa shape index (κ2) is 4.80. The van der Waals surface area contributed by atoms with Crippen LogP contribution in [0.15, 0.2) is 41.0 Å². The van der Waals surface area contributed by atoms with E-state index >= 15 is 0 Å². The van der Waals surface area contributed by atoms with Crippen molar-refractivity contribution >= 4 is 39.0 Å². The molecule has 0 aliphatic carbocycles. The predicted molar refractivity (Wildman–Crippen MR) is 66.6 cm³/mol. The molecule has 16 heavy (non-hydrogen) atoms. The zero-order valence-corrected chi connectivity index (χ0v) is 10.4. The smallest absolute Gasteiger partial charge is 0.131 e. The number of hydrogen-bond donors (Lipinski definition) is 1. The van der Waals surface area contributed by atoms with Gasteiger partial charge in [-0.1, -0.05) is 17.7 Å². The predicted octanol–water partition coefficient (Wildman–Crippen LogP) is 4.38. The van der Waals surface area contributed by atoms with Gasteiger partial charge in [0.25, 0.3) is 0 Å². The van der Waals surface area contributed by atoms with Crippen LogP contribution >= 0.6 is 27.5 Å². The molecule has 0 unspecified atom stereocenters. The Balaban J connectivity index is 2.27. The molecular formula is C11H7BrClFN2. The summed E-state index contributed by atoms with van der Waals surface area (Å²) in [5, 5.41) is 3.32. The highest BCUT2D eigenvalue weighted by molar-refractivity contribution is 9.10. The largest absolute Gasteiger partial charge is 0.339 e. The molecule has 0 bridgehead atoms. The Morgan fingerprint density at radius 2 is 2.06 bits per heavy atom. The van der Waals surface area contributed by atoms with Crippen LogP contribution in [0.3, 0.4) is 0 Å². The molecule has 0 aliphatic heterocycles. The number of nitrogens with zero attached hydrogens (tertiary/aromatic N) is 1. The lowest BCUT2D eigenvalue weighted by molar-refractivity contribution is 0.628. The average Bonchev–Trinajstić information content (AvgIpc) is 2.22. The minimum atomic E-state index is -0.363. The molecule has 0 amide bonds. The van der Waals surface area contributed by atoms with Gasteiger partial charge in [-0.25, -0.2) is 9.37 Å². The van der Waals surface area contributed by atoms with E-state index in [1.54, 1.807) is 12.1 Å². The fraction of sp³-hybridized carbons (Fsp3) is 0. The van der Waals surface area contributed by atoms with Crippen LogP contribution < -0.4 is 5.32 Å². The third-order valence-electron chi connectivity index (χ3n) is 1.91. The zero-order valence-electron chi connectivity index (χ0n) is 8.05. The number of hydrogen-bond acceptors (Lipinski definition) is 2. The molecule has 0 radical (unpaired) electrons. The molecule has 0 fully saturated rings. The highest BCUT2D eigenvalue weighted by Gasteiger charge is 2.03. The number of anilines is 2. The van der Waals surface area contributed by atoms with Gasteiger partial charge in [-0.3, -0.25) is 0 Å². The van der Waals surface area contributed by atoms with Crippen molar-refractivity contribution in [3.05, 3.63) is 51.8 Å². The van der Waals surface area contributed by atoms with Crippen LogP contribution in [0.2, 0.25) is 5.02 Å². The van der Waals surface area contributed by atoms with Crippen molar-refractivity contribution in [2.24, 2.45) is 0 Å². The first-order valence-electron chi connectivity index (χ1n) is 4.50. The Hall–Kier alpha value is -1.13. The number of benzene rings is 1. The molecule has 2 rings (SSSR count). The molecular weight excluding hydrogens is 294 g/mol. The molecule has 0 aliphatic rings. The van der Waals surface area contributed by atoms with Crippen molar-refractivity contribution < 1.29 is 4.39 Å². The summed E-state index contributed by atoms with van der Waals surface area (Å²) < 4.78 is 13.5. The van der Waals surface area contributed by atoms with E-state index < -0.39 is 0 Å². The van der Waals surface area contributed by atoms with E-state index in [4.69, 9.17) is 11.6 Å². The topological polar surface area (TPSA) is 24.9 Å². The van der Waals surface area contributed by atoms with Gasteiger partial charge in [0, 0.05) is 0 Å². The molecule has 1 N–H and O–H groups in total. The Morgan fingerprint density at radius 1 is 1.25 bits per heavy atom. The molecule has 2 nitrogen and oxygen atoms in total. The van der Waals surface area contributed by atoms with Gasteiger partial charge in [0.2, 0.25) is 0 Å². The first kappa shape index (κ1) is 11.4. The van der Waals surface area contributed by atoms with Crippen LogP contribution in [0.1, 0.15) is 0 Å². The Morgan fingerprint density at radius 3 is 2.75 bits per heavy atom. The highest BCUT2D eigenvalue weighted by Crippen LogP contribution is 2.25. The Bertz CT molecular complexity index is 519. The fourth-order valence-corrected chi connectivity index (χ4v) is 1.76. The lowest BCUT2D eigenvalue weighted by Gasteiger charge is -2.07. The summed E-state index contributed by atoms with van der Waals surface area (Å²) in [5.41, 5.74) is 0.619. The minimum absolute atomic E-state index is 0.321. The van der Waals surface area contributed by atoms with Crippen LogP contribution in [-0.2, 0) is 0 Å². The molecule has 82 valence electrons. The lowest BCUT2D eigenvalue weighted by Crippen LogP contribution is -1.94. The van der Waals surface area contributed by atoms with Gasteiger partial charge in [0.15, 0.2) is 0 Å². The first-order valence-corrected chi connectivity index (χ1v) is 5.67. The summed E-state index contributed by atoms with van der Waals surface area (Å²) >= 11 is 9.14. The van der Waals surface area contributed by atoms with Crippen LogP contribution in [0.5, 0.6) is 0 Å². The van der Waals surface area contributed by atoms with Gasteiger partial charge in [0.1, 0.15) is 16.2 Å². The average molecular weight is 302 g/mol. The van der Waals surface area contributed by atoms with Crippen molar-refractivity contribution in [1.82, 2.24) is 4.98 Å². The number of pyridine rings is 1. The second-order valence-electron chi connectivity index (χ2n) is 3.09. The van der Waals surface area contributed by atoms with Gasteiger partial charge in [-0.05, 0) is 46.3 Å². The third kappa shape index (κ3) is 2.71. The maximum absolute atomic E-state index is 12.8. The van der Waals surface area contributed by atoms with Crippen LogP contribution in [0.4, 0.5) is 15.9 Å². The summed E-state index contributed by atoms with van der Waals surface area (Å²) in [5.74, 6) is 0.278. The van der Waals surface area contributed by atoms with Crippen molar-refractivity contribution in [2.45, 2.75) is 0 Å². The van der Waals surface area contributed by atoms with E-state index in [0.29, 0.717) is 16.5 Å². The fourth-order valence-electron chi connectivity index (χ4n) is 1.21. The van der Waals surface area contributed by atoms with E-state index in [9.17, 15) is 4.39 Å². The molecule has 0 spiro atoms. The van der Waals surface area contributed by atoms with E-state index in [2.05, 4.69) is 26.2 Å². The van der Waals surface area contributed by atoms with Crippen molar-refractivity contribution in [1.29, 1.82) is 0 Å². The molecule has 1 aromatic carbocycles. The maximum atomic E-state index is 12.8. The summed E-state index contributed by atoms with van der Waals surface area (Å²) in [6, 6.07) is 9.62. The minimum Gasteiger partial charge on any atom is -0.339 e. The summed E-state index contributed by atoms with van der Waals surface area (Å²) in [6.07, 6.45) is 0. The SMILES string of the molecule is Fc1ccc(Nc2cccc(Br)n2)c(Cl)c1. The van der Waals surface area contributed by atoms with Crippen molar-refractivity contribution in [3.63, 3.8) is 0 Å². The summed E-state index contributed by atoms with van der Waals surface area (Å²) in [4.78, 5) is 4.19.